The molecule has 10 heteroatoms. The van der Waals surface area contributed by atoms with Crippen LogP contribution in [0.25, 0.3) is 5.65 Å². The number of hydrogen-bond acceptors (Lipinski definition) is 5. The number of likely N-dealkylation sites (N-methyl/N-ethyl adjacent to an activating group) is 1. The number of carbonyl (C=O) groups is 1. The van der Waals surface area contributed by atoms with E-state index >= 15 is 0 Å². The Bertz CT molecular complexity index is 1520. The Morgan fingerprint density at radius 1 is 1.15 bits per heavy atom. The number of imidazole rings is 1. The molecule has 5 rings (SSSR count). The number of amides is 1. The number of halogens is 3. The monoisotopic (exact) mass is 565 g/mol. The van der Waals surface area contributed by atoms with Crippen LogP contribution in [0.5, 0.6) is 0 Å². The van der Waals surface area contributed by atoms with Gasteiger partial charge >= 0.3 is 6.18 Å². The average Bonchev–Trinajstić information content (AvgIpc) is 3.25. The van der Waals surface area contributed by atoms with Crippen molar-refractivity contribution in [2.75, 3.05) is 33.2 Å². The van der Waals surface area contributed by atoms with Gasteiger partial charge in [-0.2, -0.15) is 13.2 Å². The molecule has 0 radical (unpaired) electrons. The lowest BCUT2D eigenvalue weighted by Crippen LogP contribution is -2.44. The molecule has 0 aliphatic carbocycles. The highest BCUT2D eigenvalue weighted by Gasteiger charge is 2.34. The molecular formula is C30H30F3N5OS. The molecule has 40 heavy (non-hydrogen) atoms. The largest absolute Gasteiger partial charge is 0.416 e. The summed E-state index contributed by atoms with van der Waals surface area (Å²) < 4.78 is 43.9. The first kappa shape index (κ1) is 28.0. The van der Waals surface area contributed by atoms with Crippen molar-refractivity contribution in [1.29, 1.82) is 0 Å². The van der Waals surface area contributed by atoms with Gasteiger partial charge in [-0.15, -0.1) is 0 Å². The number of allylic oxidation sites excluding steroid dienone is 3. The van der Waals surface area contributed by atoms with Crippen molar-refractivity contribution < 1.29 is 18.0 Å². The summed E-state index contributed by atoms with van der Waals surface area (Å²) in [6.45, 7) is 5.28. The topological polar surface area (TPSA) is 52.9 Å². The van der Waals surface area contributed by atoms with Gasteiger partial charge in [-0.25, -0.2) is 4.98 Å². The third-order valence-corrected chi connectivity index (χ3v) is 7.91. The van der Waals surface area contributed by atoms with Gasteiger partial charge in [0.15, 0.2) is 0 Å². The van der Waals surface area contributed by atoms with E-state index in [0.29, 0.717) is 24.5 Å². The summed E-state index contributed by atoms with van der Waals surface area (Å²) in [7, 11) is 2.00. The summed E-state index contributed by atoms with van der Waals surface area (Å²) in [6.07, 6.45) is 3.62. The zero-order valence-corrected chi connectivity index (χ0v) is 23.1. The van der Waals surface area contributed by atoms with Crippen LogP contribution >= 0.6 is 11.8 Å². The van der Waals surface area contributed by atoms with E-state index in [1.54, 1.807) is 6.20 Å². The van der Waals surface area contributed by atoms with Crippen LogP contribution in [0.15, 0.2) is 70.9 Å². The summed E-state index contributed by atoms with van der Waals surface area (Å²) in [5.74, 6) is 5.91. The van der Waals surface area contributed by atoms with Crippen molar-refractivity contribution in [3.8, 4) is 11.8 Å². The molecule has 2 aliphatic rings. The van der Waals surface area contributed by atoms with E-state index in [9.17, 15) is 18.0 Å². The maximum Gasteiger partial charge on any atom is 0.416 e. The molecule has 1 unspecified atom stereocenters. The molecule has 1 saturated heterocycles. The van der Waals surface area contributed by atoms with E-state index < -0.39 is 17.6 Å². The van der Waals surface area contributed by atoms with Crippen LogP contribution in [-0.4, -0.2) is 58.3 Å². The van der Waals surface area contributed by atoms with Crippen molar-refractivity contribution >= 4 is 23.3 Å². The number of pyridine rings is 1. The Labute approximate surface area is 235 Å². The highest BCUT2D eigenvalue weighted by Crippen LogP contribution is 2.34. The molecule has 2 aliphatic heterocycles. The van der Waals surface area contributed by atoms with Gasteiger partial charge in [-0.05, 0) is 55.1 Å². The maximum absolute atomic E-state index is 14.0. The molecule has 1 fully saturated rings. The normalized spacial score (nSPS) is 18.9. The molecule has 208 valence electrons. The van der Waals surface area contributed by atoms with E-state index in [-0.39, 0.29) is 23.6 Å². The van der Waals surface area contributed by atoms with Gasteiger partial charge in [0.05, 0.1) is 21.7 Å². The number of hydrogen-bond donors (Lipinski definition) is 1. The van der Waals surface area contributed by atoms with Gasteiger partial charge in [0.25, 0.3) is 5.91 Å². The molecule has 0 saturated carbocycles. The zero-order chi connectivity index (χ0) is 28.3. The number of carbonyl (C=O) groups excluding carboxylic acids is 1. The summed E-state index contributed by atoms with van der Waals surface area (Å²) in [5.41, 5.74) is 0.909. The molecule has 6 nitrogen and oxygen atoms in total. The van der Waals surface area contributed by atoms with Crippen LogP contribution in [0.2, 0.25) is 0 Å². The smallest absolute Gasteiger partial charge is 0.317 e. The fourth-order valence-electron chi connectivity index (χ4n) is 4.66. The van der Waals surface area contributed by atoms with Crippen LogP contribution in [0.1, 0.15) is 40.5 Å². The average molecular weight is 566 g/mol. The van der Waals surface area contributed by atoms with Gasteiger partial charge in [0, 0.05) is 44.5 Å². The minimum atomic E-state index is -4.56. The first-order valence-electron chi connectivity index (χ1n) is 13.1. The fraction of sp³-hybridized carbons (Fsp3) is 0.333. The molecule has 1 N–H and O–H groups in total. The Kier molecular flexibility index (Phi) is 8.35. The molecule has 1 aromatic carbocycles. The number of fused-ring (bicyclic) bond motifs is 1. The van der Waals surface area contributed by atoms with Crippen LogP contribution in [0.4, 0.5) is 13.2 Å². The lowest BCUT2D eigenvalue weighted by molar-refractivity contribution is -0.138. The summed E-state index contributed by atoms with van der Waals surface area (Å²) in [4.78, 5) is 22.4. The third-order valence-electron chi connectivity index (χ3n) is 6.97. The molecule has 0 spiro atoms. The first-order chi connectivity index (χ1) is 19.2. The fourth-order valence-corrected chi connectivity index (χ4v) is 5.62. The van der Waals surface area contributed by atoms with E-state index in [1.807, 2.05) is 59.8 Å². The SMILES string of the molecule is CC1C=C(C#Cc2cnc3ccccn23)SC(NC(=O)c2ccc(CN3CCN(C)CC3)c(C(F)(F)F)c2)=CC1. The number of rotatable bonds is 4. The van der Waals surface area contributed by atoms with Gasteiger partial charge < -0.3 is 10.2 Å². The maximum atomic E-state index is 14.0. The number of thioether (sulfide) groups is 1. The Morgan fingerprint density at radius 3 is 2.73 bits per heavy atom. The lowest BCUT2D eigenvalue weighted by atomic mass is 10.0. The number of nitrogens with zero attached hydrogens (tertiary/aromatic N) is 4. The molecule has 2 aromatic heterocycles. The predicted molar refractivity (Wildman–Crippen MR) is 151 cm³/mol. The number of aromatic nitrogens is 2. The number of benzene rings is 1. The standard InChI is InChI=1S/C30H30F3N5OS/c1-21-6-11-28(40-25(17-21)10-9-24-19-34-27-5-3-4-12-38(24)27)35-29(39)22-7-8-23(26(18-22)30(31,32)33)20-37-15-13-36(2)14-16-37/h3-5,7-8,11-12,17-19,21H,6,13-16,20H2,1-2H3,(H,35,39). The molecule has 1 atom stereocenters. The number of piperazine rings is 1. The van der Waals surface area contributed by atoms with E-state index in [2.05, 4.69) is 27.0 Å². The third kappa shape index (κ3) is 6.78. The number of nitrogens with one attached hydrogen (secondary N) is 1. The van der Waals surface area contributed by atoms with Crippen molar-refractivity contribution in [1.82, 2.24) is 24.5 Å². The van der Waals surface area contributed by atoms with Crippen LogP contribution in [0.3, 0.4) is 0 Å². The Balaban J connectivity index is 1.31. The second-order valence-corrected chi connectivity index (χ2v) is 11.2. The summed E-state index contributed by atoms with van der Waals surface area (Å²) >= 11 is 1.30. The van der Waals surface area contributed by atoms with Gasteiger partial charge in [-0.1, -0.05) is 48.9 Å². The highest BCUT2D eigenvalue weighted by molar-refractivity contribution is 8.07. The molecular weight excluding hydrogens is 535 g/mol. The molecule has 0 bridgehead atoms. The van der Waals surface area contributed by atoms with E-state index in [0.717, 1.165) is 35.4 Å². The van der Waals surface area contributed by atoms with Crippen molar-refractivity contribution in [3.63, 3.8) is 0 Å². The van der Waals surface area contributed by atoms with Crippen LogP contribution in [-0.2, 0) is 12.7 Å². The zero-order valence-electron chi connectivity index (χ0n) is 22.3. The number of alkyl halides is 3. The second kappa shape index (κ2) is 11.9. The lowest BCUT2D eigenvalue weighted by Gasteiger charge is -2.33. The predicted octanol–water partition coefficient (Wildman–Crippen LogP) is 5.38. The van der Waals surface area contributed by atoms with Crippen molar-refractivity contribution in [2.45, 2.75) is 26.1 Å². The van der Waals surface area contributed by atoms with Crippen LogP contribution in [0, 0.1) is 17.8 Å². The highest BCUT2D eigenvalue weighted by atomic mass is 32.2. The molecule has 4 heterocycles. The van der Waals surface area contributed by atoms with Crippen molar-refractivity contribution in [3.05, 3.63) is 93.3 Å². The summed E-state index contributed by atoms with van der Waals surface area (Å²) in [5, 5.41) is 3.35. The summed E-state index contributed by atoms with van der Waals surface area (Å²) in [6, 6.07) is 9.57. The van der Waals surface area contributed by atoms with Gasteiger partial charge in [0.1, 0.15) is 11.3 Å². The quantitative estimate of drug-likeness (QED) is 0.431. The van der Waals surface area contributed by atoms with E-state index in [4.69, 9.17) is 0 Å². The molecule has 3 aromatic rings. The van der Waals surface area contributed by atoms with Gasteiger partial charge in [-0.3, -0.25) is 14.1 Å². The molecule has 1 amide bonds. The van der Waals surface area contributed by atoms with Crippen molar-refractivity contribution in [2.24, 2.45) is 5.92 Å². The second-order valence-electron chi connectivity index (χ2n) is 10.1. The van der Waals surface area contributed by atoms with E-state index in [1.165, 1.54) is 23.9 Å². The minimum absolute atomic E-state index is 0.0319. The van der Waals surface area contributed by atoms with Gasteiger partial charge in [0.2, 0.25) is 0 Å². The first-order valence-corrected chi connectivity index (χ1v) is 13.9. The Hall–Kier alpha value is -3.52. The van der Waals surface area contributed by atoms with Crippen LogP contribution < -0.4 is 5.32 Å². The minimum Gasteiger partial charge on any atom is -0.317 e. The Morgan fingerprint density at radius 2 is 1.95 bits per heavy atom.